The van der Waals surface area contributed by atoms with Gasteiger partial charge in [0.15, 0.2) is 6.29 Å². The summed E-state index contributed by atoms with van der Waals surface area (Å²) in [7, 11) is 0. The fourth-order valence-corrected chi connectivity index (χ4v) is 1.52. The quantitative estimate of drug-likeness (QED) is 0.516. The molecule has 0 radical (unpaired) electrons. The molecule has 0 saturated carbocycles. The Balaban J connectivity index is 3.31. The second-order valence-corrected chi connectivity index (χ2v) is 3.71. The van der Waals surface area contributed by atoms with Gasteiger partial charge in [0.25, 0.3) is 0 Å². The Bertz CT molecular complexity index is 409. The number of hydrogen-bond acceptors (Lipinski definition) is 4. The zero-order valence-electron chi connectivity index (χ0n) is 7.71. The predicted octanol–water partition coefficient (Wildman–Crippen LogP) is 1.86. The molecule has 0 aliphatic rings. The predicted molar refractivity (Wildman–Crippen MR) is 56.9 cm³/mol. The van der Waals surface area contributed by atoms with Gasteiger partial charge in [0.05, 0.1) is 5.56 Å². The first-order valence-corrected chi connectivity index (χ1v) is 5.05. The summed E-state index contributed by atoms with van der Waals surface area (Å²) in [5.74, 6) is -0.579. The van der Waals surface area contributed by atoms with Gasteiger partial charge < -0.3 is 10.5 Å². The molecular formula is C8H6F3IN2O2. The number of alkyl halides is 3. The Kier molecular flexibility index (Phi) is 4.08. The number of nitrogens with two attached hydrogens (primary N) is 1. The van der Waals surface area contributed by atoms with E-state index >= 15 is 0 Å². The topological polar surface area (TPSA) is 65.2 Å². The molecule has 0 aromatic carbocycles. The van der Waals surface area contributed by atoms with Crippen molar-refractivity contribution in [2.45, 2.75) is 12.9 Å². The SMILES string of the molecule is NCc1cnc(I)c(C=O)c1OC(F)(F)F. The van der Waals surface area contributed by atoms with Crippen LogP contribution in [0.4, 0.5) is 13.2 Å². The molecule has 88 valence electrons. The number of halogens is 4. The van der Waals surface area contributed by atoms with Crippen LogP contribution in [0.2, 0.25) is 0 Å². The van der Waals surface area contributed by atoms with E-state index in [2.05, 4.69) is 9.72 Å². The van der Waals surface area contributed by atoms with E-state index < -0.39 is 12.1 Å². The molecule has 0 amide bonds. The third-order valence-electron chi connectivity index (χ3n) is 1.65. The molecule has 2 N–H and O–H groups in total. The summed E-state index contributed by atoms with van der Waals surface area (Å²) in [6.45, 7) is -0.198. The first-order valence-electron chi connectivity index (χ1n) is 3.97. The van der Waals surface area contributed by atoms with Crippen molar-refractivity contribution in [3.63, 3.8) is 0 Å². The Morgan fingerprint density at radius 1 is 1.56 bits per heavy atom. The number of ether oxygens (including phenoxy) is 1. The molecule has 0 spiro atoms. The molecule has 0 unspecified atom stereocenters. The minimum absolute atomic E-state index is 0.0276. The van der Waals surface area contributed by atoms with Crippen molar-refractivity contribution in [3.05, 3.63) is 21.0 Å². The average molecular weight is 346 g/mol. The van der Waals surface area contributed by atoms with Gasteiger partial charge in [-0.3, -0.25) is 4.79 Å². The standard InChI is InChI=1S/C8H6F3IN2O2/c9-8(10,11)16-6-4(1-13)2-14-7(12)5(6)3-15/h2-3H,1,13H2. The second-order valence-electron chi connectivity index (χ2n) is 2.69. The molecule has 8 heteroatoms. The van der Waals surface area contributed by atoms with Crippen LogP contribution in [-0.2, 0) is 6.54 Å². The van der Waals surface area contributed by atoms with E-state index in [4.69, 9.17) is 5.73 Å². The molecule has 0 bridgehead atoms. The lowest BCUT2D eigenvalue weighted by atomic mass is 10.2. The molecule has 0 aliphatic carbocycles. The van der Waals surface area contributed by atoms with Gasteiger partial charge in [0.2, 0.25) is 0 Å². The maximum atomic E-state index is 12.1. The van der Waals surface area contributed by atoms with E-state index in [1.807, 2.05) is 0 Å². The van der Waals surface area contributed by atoms with E-state index in [-0.39, 0.29) is 27.7 Å². The summed E-state index contributed by atoms with van der Waals surface area (Å²) in [6, 6.07) is 0. The van der Waals surface area contributed by atoms with Gasteiger partial charge in [-0.1, -0.05) is 0 Å². The molecular weight excluding hydrogens is 340 g/mol. The Morgan fingerprint density at radius 3 is 2.62 bits per heavy atom. The van der Waals surface area contributed by atoms with Gasteiger partial charge in [-0.15, -0.1) is 13.2 Å². The molecule has 16 heavy (non-hydrogen) atoms. The Hall–Kier alpha value is -0.900. The fraction of sp³-hybridized carbons (Fsp3) is 0.250. The van der Waals surface area contributed by atoms with Gasteiger partial charge in [-0.2, -0.15) is 0 Å². The normalized spacial score (nSPS) is 11.3. The Morgan fingerprint density at radius 2 is 2.19 bits per heavy atom. The largest absolute Gasteiger partial charge is 0.573 e. The molecule has 1 heterocycles. The van der Waals surface area contributed by atoms with E-state index in [1.165, 1.54) is 0 Å². The number of aldehydes is 1. The van der Waals surface area contributed by atoms with E-state index in [9.17, 15) is 18.0 Å². The van der Waals surface area contributed by atoms with Crippen LogP contribution in [-0.4, -0.2) is 17.6 Å². The molecule has 0 fully saturated rings. The van der Waals surface area contributed by atoms with Crippen LogP contribution in [0.1, 0.15) is 15.9 Å². The smallest absolute Gasteiger partial charge is 0.405 e. The molecule has 1 rings (SSSR count). The van der Waals surface area contributed by atoms with Crippen molar-refractivity contribution in [1.29, 1.82) is 0 Å². The second kappa shape index (κ2) is 4.95. The number of carbonyl (C=O) groups is 1. The van der Waals surface area contributed by atoms with Crippen molar-refractivity contribution in [2.24, 2.45) is 5.73 Å². The molecule has 4 nitrogen and oxygen atoms in total. The van der Waals surface area contributed by atoms with E-state index in [0.717, 1.165) is 6.20 Å². The maximum Gasteiger partial charge on any atom is 0.573 e. The third kappa shape index (κ3) is 3.04. The Labute approximate surface area is 102 Å². The van der Waals surface area contributed by atoms with Crippen molar-refractivity contribution < 1.29 is 22.7 Å². The summed E-state index contributed by atoms with van der Waals surface area (Å²) in [5, 5.41) is 0. The van der Waals surface area contributed by atoms with Crippen molar-refractivity contribution in [3.8, 4) is 5.75 Å². The molecule has 0 saturated heterocycles. The third-order valence-corrected chi connectivity index (χ3v) is 2.51. The van der Waals surface area contributed by atoms with Gasteiger partial charge in [0, 0.05) is 18.3 Å². The van der Waals surface area contributed by atoms with Crippen LogP contribution in [0, 0.1) is 3.70 Å². The highest BCUT2D eigenvalue weighted by Gasteiger charge is 2.33. The van der Waals surface area contributed by atoms with E-state index in [0.29, 0.717) is 0 Å². The molecule has 1 aromatic rings. The lowest BCUT2D eigenvalue weighted by Gasteiger charge is -2.14. The maximum absolute atomic E-state index is 12.1. The first kappa shape index (κ1) is 13.2. The number of hydrogen-bond donors (Lipinski definition) is 1. The molecule has 0 atom stereocenters. The minimum Gasteiger partial charge on any atom is -0.405 e. The summed E-state index contributed by atoms with van der Waals surface area (Å²) < 4.78 is 40.2. The number of aromatic nitrogens is 1. The molecule has 1 aromatic heterocycles. The summed E-state index contributed by atoms with van der Waals surface area (Å²) in [5.41, 5.74) is 5.02. The number of pyridine rings is 1. The zero-order chi connectivity index (χ0) is 12.3. The van der Waals surface area contributed by atoms with E-state index in [1.54, 1.807) is 22.6 Å². The summed E-state index contributed by atoms with van der Waals surface area (Å²) in [4.78, 5) is 14.4. The van der Waals surface area contributed by atoms with Crippen LogP contribution in [0.5, 0.6) is 5.75 Å². The first-order chi connectivity index (χ1) is 7.39. The number of rotatable bonds is 3. The highest BCUT2D eigenvalue weighted by Crippen LogP contribution is 2.30. The van der Waals surface area contributed by atoms with Gasteiger partial charge in [0.1, 0.15) is 9.45 Å². The monoisotopic (exact) mass is 346 g/mol. The van der Waals surface area contributed by atoms with Crippen LogP contribution in [0.25, 0.3) is 0 Å². The highest BCUT2D eigenvalue weighted by atomic mass is 127. The van der Waals surface area contributed by atoms with Crippen LogP contribution >= 0.6 is 22.6 Å². The lowest BCUT2D eigenvalue weighted by molar-refractivity contribution is -0.275. The van der Waals surface area contributed by atoms with Gasteiger partial charge in [-0.05, 0) is 22.6 Å². The lowest BCUT2D eigenvalue weighted by Crippen LogP contribution is -2.20. The number of carbonyl (C=O) groups excluding carboxylic acids is 1. The van der Waals surface area contributed by atoms with Crippen molar-refractivity contribution in [1.82, 2.24) is 4.98 Å². The van der Waals surface area contributed by atoms with Crippen LogP contribution in [0.3, 0.4) is 0 Å². The van der Waals surface area contributed by atoms with Crippen LogP contribution in [0.15, 0.2) is 6.20 Å². The summed E-state index contributed by atoms with van der Waals surface area (Å²) in [6.07, 6.45) is -3.46. The highest BCUT2D eigenvalue weighted by molar-refractivity contribution is 14.1. The van der Waals surface area contributed by atoms with Crippen molar-refractivity contribution >= 4 is 28.9 Å². The average Bonchev–Trinajstić information content (AvgIpc) is 2.16. The van der Waals surface area contributed by atoms with Crippen molar-refractivity contribution in [2.75, 3.05) is 0 Å². The minimum atomic E-state index is -4.87. The summed E-state index contributed by atoms with van der Waals surface area (Å²) >= 11 is 1.64. The van der Waals surface area contributed by atoms with Gasteiger partial charge in [-0.25, -0.2) is 4.98 Å². The fourth-order valence-electron chi connectivity index (χ4n) is 1.01. The zero-order valence-corrected chi connectivity index (χ0v) is 9.87. The molecule has 0 aliphatic heterocycles. The number of nitrogens with zero attached hydrogens (tertiary/aromatic N) is 1. The van der Waals surface area contributed by atoms with Crippen LogP contribution < -0.4 is 10.5 Å². The van der Waals surface area contributed by atoms with Gasteiger partial charge >= 0.3 is 6.36 Å².